The number of hydrogen-bond donors (Lipinski definition) is 0. The Balaban J connectivity index is 1.96. The lowest BCUT2D eigenvalue weighted by Gasteiger charge is -2.25. The van der Waals surface area contributed by atoms with E-state index in [0.717, 1.165) is 27.6 Å². The molecule has 4 rings (SSSR count). The largest absolute Gasteiger partial charge is 0.256 e. The van der Waals surface area contributed by atoms with Crippen LogP contribution in [-0.2, 0) is 14.6 Å². The monoisotopic (exact) mass is 421 g/mol. The SMILES string of the molecule is Cc1ccsc1-c1cccc(-c2cc(C(C)(C)S(C)(=O)=O)c3ncccc3c2)c1. The van der Waals surface area contributed by atoms with Crippen molar-refractivity contribution in [1.82, 2.24) is 4.98 Å². The minimum atomic E-state index is -3.33. The van der Waals surface area contributed by atoms with Crippen LogP contribution in [0.5, 0.6) is 0 Å². The molecule has 29 heavy (non-hydrogen) atoms. The predicted molar refractivity (Wildman–Crippen MR) is 123 cm³/mol. The number of fused-ring (bicyclic) bond motifs is 1. The van der Waals surface area contributed by atoms with E-state index in [1.54, 1.807) is 31.4 Å². The third kappa shape index (κ3) is 3.49. The van der Waals surface area contributed by atoms with Gasteiger partial charge in [-0.2, -0.15) is 0 Å². The number of aryl methyl sites for hydroxylation is 1. The van der Waals surface area contributed by atoms with Crippen LogP contribution >= 0.6 is 11.3 Å². The molecule has 4 aromatic rings. The van der Waals surface area contributed by atoms with Crippen molar-refractivity contribution in [3.63, 3.8) is 0 Å². The van der Waals surface area contributed by atoms with E-state index in [1.165, 1.54) is 22.3 Å². The fourth-order valence-electron chi connectivity index (χ4n) is 3.53. The summed E-state index contributed by atoms with van der Waals surface area (Å²) in [4.78, 5) is 5.76. The Labute approximate surface area is 176 Å². The summed E-state index contributed by atoms with van der Waals surface area (Å²) in [5.41, 5.74) is 5.95. The highest BCUT2D eigenvalue weighted by molar-refractivity contribution is 7.91. The molecule has 0 amide bonds. The molecule has 0 spiro atoms. The molecule has 3 nitrogen and oxygen atoms in total. The minimum absolute atomic E-state index is 0.728. The molecule has 2 heterocycles. The molecule has 0 bridgehead atoms. The Bertz CT molecular complexity index is 1320. The van der Waals surface area contributed by atoms with Crippen molar-refractivity contribution in [1.29, 1.82) is 0 Å². The molecule has 0 unspecified atom stereocenters. The number of thiophene rings is 1. The van der Waals surface area contributed by atoms with Crippen molar-refractivity contribution in [3.05, 3.63) is 77.3 Å². The summed E-state index contributed by atoms with van der Waals surface area (Å²) in [5.74, 6) is 0. The fourth-order valence-corrected chi connectivity index (χ4v) is 5.01. The van der Waals surface area contributed by atoms with Crippen molar-refractivity contribution in [3.8, 4) is 21.6 Å². The smallest absolute Gasteiger partial charge is 0.156 e. The summed E-state index contributed by atoms with van der Waals surface area (Å²) in [6.07, 6.45) is 3.00. The molecule has 0 aliphatic carbocycles. The lowest BCUT2D eigenvalue weighted by molar-refractivity contribution is 0.562. The Morgan fingerprint density at radius 2 is 1.69 bits per heavy atom. The molecule has 0 N–H and O–H groups in total. The number of aromatic nitrogens is 1. The highest BCUT2D eigenvalue weighted by Crippen LogP contribution is 2.38. The Hall–Kier alpha value is -2.50. The summed E-state index contributed by atoms with van der Waals surface area (Å²) < 4.78 is 24.1. The fraction of sp³-hybridized carbons (Fsp3) is 0.208. The highest BCUT2D eigenvalue weighted by atomic mass is 32.2. The number of rotatable bonds is 4. The lowest BCUT2D eigenvalue weighted by Crippen LogP contribution is -2.28. The van der Waals surface area contributed by atoms with Crippen LogP contribution in [0.25, 0.3) is 32.5 Å². The molecule has 5 heteroatoms. The summed E-state index contributed by atoms with van der Waals surface area (Å²) in [6.45, 7) is 5.62. The average Bonchev–Trinajstić information content (AvgIpc) is 3.12. The third-order valence-electron chi connectivity index (χ3n) is 5.60. The molecular weight excluding hydrogens is 398 g/mol. The van der Waals surface area contributed by atoms with E-state index in [9.17, 15) is 8.42 Å². The van der Waals surface area contributed by atoms with Crippen molar-refractivity contribution in [2.75, 3.05) is 6.26 Å². The molecule has 0 saturated carbocycles. The number of sulfone groups is 1. The van der Waals surface area contributed by atoms with E-state index < -0.39 is 14.6 Å². The zero-order chi connectivity index (χ0) is 20.8. The Morgan fingerprint density at radius 1 is 0.931 bits per heavy atom. The third-order valence-corrected chi connectivity index (χ3v) is 8.74. The minimum Gasteiger partial charge on any atom is -0.256 e. The predicted octanol–water partition coefficient (Wildman–Crippen LogP) is 6.22. The van der Waals surface area contributed by atoms with Gasteiger partial charge in [0.1, 0.15) is 0 Å². The van der Waals surface area contributed by atoms with Gasteiger partial charge in [0.05, 0.1) is 10.3 Å². The lowest BCUT2D eigenvalue weighted by atomic mass is 9.92. The van der Waals surface area contributed by atoms with Crippen molar-refractivity contribution in [2.45, 2.75) is 25.5 Å². The van der Waals surface area contributed by atoms with Gasteiger partial charge in [0.25, 0.3) is 0 Å². The second-order valence-corrected chi connectivity index (χ2v) is 11.4. The van der Waals surface area contributed by atoms with Gasteiger partial charge in [-0.25, -0.2) is 8.42 Å². The molecule has 0 fully saturated rings. The average molecular weight is 422 g/mol. The van der Waals surface area contributed by atoms with E-state index in [0.29, 0.717) is 0 Å². The normalized spacial score (nSPS) is 12.4. The van der Waals surface area contributed by atoms with E-state index in [2.05, 4.69) is 53.7 Å². The number of pyridine rings is 1. The van der Waals surface area contributed by atoms with Gasteiger partial charge < -0.3 is 0 Å². The van der Waals surface area contributed by atoms with E-state index in [4.69, 9.17) is 0 Å². The van der Waals surface area contributed by atoms with E-state index in [-0.39, 0.29) is 0 Å². The summed E-state index contributed by atoms with van der Waals surface area (Å²) in [5, 5.41) is 3.04. The molecule has 0 radical (unpaired) electrons. The standard InChI is InChI=1S/C24H23NO2S2/c1-16-10-12-28-23(16)19-8-5-7-17(13-19)20-14-18-9-6-11-25-22(18)21(15-20)24(2,3)29(4,26)27/h5-15H,1-4H3. The molecule has 0 atom stereocenters. The van der Waals surface area contributed by atoms with Crippen molar-refractivity contribution in [2.24, 2.45) is 0 Å². The van der Waals surface area contributed by atoms with Gasteiger partial charge >= 0.3 is 0 Å². The number of hydrogen-bond acceptors (Lipinski definition) is 4. The first-order valence-corrected chi connectivity index (χ1v) is 12.2. The van der Waals surface area contributed by atoms with Crippen LogP contribution in [0.4, 0.5) is 0 Å². The Kier molecular flexibility index (Phi) is 4.83. The zero-order valence-corrected chi connectivity index (χ0v) is 18.6. The second-order valence-electron chi connectivity index (χ2n) is 7.89. The van der Waals surface area contributed by atoms with Gasteiger partial charge in [-0.05, 0) is 84.3 Å². The highest BCUT2D eigenvalue weighted by Gasteiger charge is 2.34. The molecule has 0 aliphatic heterocycles. The number of benzene rings is 2. The van der Waals surface area contributed by atoms with Crippen LogP contribution in [0.15, 0.2) is 66.2 Å². The van der Waals surface area contributed by atoms with Crippen LogP contribution in [0.1, 0.15) is 25.0 Å². The Morgan fingerprint density at radius 3 is 2.38 bits per heavy atom. The van der Waals surface area contributed by atoms with Crippen LogP contribution in [0, 0.1) is 6.92 Å². The summed E-state index contributed by atoms with van der Waals surface area (Å²) >= 11 is 1.73. The van der Waals surface area contributed by atoms with Crippen LogP contribution in [0.2, 0.25) is 0 Å². The first-order chi connectivity index (χ1) is 13.7. The summed E-state index contributed by atoms with van der Waals surface area (Å²) in [7, 11) is -3.33. The van der Waals surface area contributed by atoms with Crippen molar-refractivity contribution < 1.29 is 8.42 Å². The second kappa shape index (κ2) is 7.08. The van der Waals surface area contributed by atoms with Crippen LogP contribution < -0.4 is 0 Å². The maximum Gasteiger partial charge on any atom is 0.156 e. The van der Waals surface area contributed by atoms with Gasteiger partial charge in [-0.15, -0.1) is 11.3 Å². The first-order valence-electron chi connectivity index (χ1n) is 9.42. The quantitative estimate of drug-likeness (QED) is 0.393. The first kappa shape index (κ1) is 19.8. The molecule has 2 aromatic carbocycles. The maximum atomic E-state index is 12.6. The van der Waals surface area contributed by atoms with Crippen LogP contribution in [0.3, 0.4) is 0 Å². The maximum absolute atomic E-state index is 12.6. The van der Waals surface area contributed by atoms with Crippen molar-refractivity contribution >= 4 is 32.1 Å². The zero-order valence-electron chi connectivity index (χ0n) is 16.9. The topological polar surface area (TPSA) is 47.0 Å². The van der Waals surface area contributed by atoms with Gasteiger partial charge in [0.2, 0.25) is 0 Å². The molecular formula is C24H23NO2S2. The van der Waals surface area contributed by atoms with Gasteiger partial charge in [-0.1, -0.05) is 24.3 Å². The van der Waals surface area contributed by atoms with E-state index >= 15 is 0 Å². The van der Waals surface area contributed by atoms with Gasteiger partial charge in [0.15, 0.2) is 9.84 Å². The molecule has 0 saturated heterocycles. The van der Waals surface area contributed by atoms with E-state index in [1.807, 2.05) is 18.2 Å². The van der Waals surface area contributed by atoms with Crippen LogP contribution in [-0.4, -0.2) is 19.7 Å². The van der Waals surface area contributed by atoms with Gasteiger partial charge in [0, 0.05) is 22.7 Å². The molecule has 2 aromatic heterocycles. The summed E-state index contributed by atoms with van der Waals surface area (Å²) in [6, 6.07) is 18.5. The molecule has 148 valence electrons. The number of nitrogens with zero attached hydrogens (tertiary/aromatic N) is 1. The van der Waals surface area contributed by atoms with Gasteiger partial charge in [-0.3, -0.25) is 4.98 Å². The molecule has 0 aliphatic rings.